The molecular formula is C12H13N3O3. The van der Waals surface area contributed by atoms with E-state index in [1.807, 2.05) is 6.07 Å². The molecule has 0 spiro atoms. The van der Waals surface area contributed by atoms with Crippen molar-refractivity contribution in [2.75, 3.05) is 13.1 Å². The minimum atomic E-state index is -1.03. The molecule has 0 saturated heterocycles. The van der Waals surface area contributed by atoms with Crippen LogP contribution in [-0.2, 0) is 4.79 Å². The van der Waals surface area contributed by atoms with Crippen molar-refractivity contribution in [3.8, 4) is 0 Å². The standard InChI is InChI=1S/C12H13N3O3/c1-2-14(8-11(16)17)12(18)9-7-13-15-6-4-3-5-10(9)15/h3-7H,2,8H2,1H3,(H,16,17). The third-order valence-corrected chi connectivity index (χ3v) is 2.65. The van der Waals surface area contributed by atoms with E-state index in [1.165, 1.54) is 11.1 Å². The first-order valence-corrected chi connectivity index (χ1v) is 5.57. The number of hydrogen-bond donors (Lipinski definition) is 1. The Morgan fingerprint density at radius 3 is 2.89 bits per heavy atom. The Kier molecular flexibility index (Phi) is 3.27. The smallest absolute Gasteiger partial charge is 0.323 e. The van der Waals surface area contributed by atoms with Crippen LogP contribution >= 0.6 is 0 Å². The van der Waals surface area contributed by atoms with Crippen molar-refractivity contribution in [1.82, 2.24) is 14.5 Å². The molecular weight excluding hydrogens is 234 g/mol. The van der Waals surface area contributed by atoms with Crippen molar-refractivity contribution < 1.29 is 14.7 Å². The van der Waals surface area contributed by atoms with Crippen LogP contribution in [-0.4, -0.2) is 44.6 Å². The summed E-state index contributed by atoms with van der Waals surface area (Å²) in [7, 11) is 0. The van der Waals surface area contributed by atoms with Crippen LogP contribution in [0.4, 0.5) is 0 Å². The lowest BCUT2D eigenvalue weighted by Crippen LogP contribution is -2.35. The maximum atomic E-state index is 12.2. The molecule has 0 fully saturated rings. The summed E-state index contributed by atoms with van der Waals surface area (Å²) < 4.78 is 1.59. The Labute approximate surface area is 103 Å². The first-order valence-electron chi connectivity index (χ1n) is 5.57. The van der Waals surface area contributed by atoms with Crippen molar-refractivity contribution in [2.24, 2.45) is 0 Å². The van der Waals surface area contributed by atoms with Crippen LogP contribution in [0.15, 0.2) is 30.6 Å². The molecule has 18 heavy (non-hydrogen) atoms. The molecule has 0 aromatic carbocycles. The number of pyridine rings is 1. The summed E-state index contributed by atoms with van der Waals surface area (Å²) in [5, 5.41) is 12.8. The van der Waals surface area contributed by atoms with Crippen molar-refractivity contribution in [3.63, 3.8) is 0 Å². The highest BCUT2D eigenvalue weighted by molar-refractivity contribution is 6.01. The number of amides is 1. The summed E-state index contributed by atoms with van der Waals surface area (Å²) in [6.07, 6.45) is 3.20. The average Bonchev–Trinajstić information content (AvgIpc) is 2.78. The van der Waals surface area contributed by atoms with Crippen LogP contribution in [0.5, 0.6) is 0 Å². The second-order valence-electron chi connectivity index (χ2n) is 3.80. The maximum Gasteiger partial charge on any atom is 0.323 e. The summed E-state index contributed by atoms with van der Waals surface area (Å²) in [4.78, 5) is 24.2. The highest BCUT2D eigenvalue weighted by Gasteiger charge is 2.20. The Bertz CT molecular complexity index is 591. The van der Waals surface area contributed by atoms with Gasteiger partial charge in [-0.1, -0.05) is 6.07 Å². The van der Waals surface area contributed by atoms with E-state index in [1.54, 1.807) is 29.8 Å². The number of carbonyl (C=O) groups excluding carboxylic acids is 1. The van der Waals surface area contributed by atoms with Crippen molar-refractivity contribution >= 4 is 17.4 Å². The molecule has 0 radical (unpaired) electrons. The fourth-order valence-corrected chi connectivity index (χ4v) is 1.76. The number of rotatable bonds is 4. The number of carbonyl (C=O) groups is 2. The number of likely N-dealkylation sites (N-methyl/N-ethyl adjacent to an activating group) is 1. The van der Waals surface area contributed by atoms with Gasteiger partial charge in [0.05, 0.1) is 17.3 Å². The van der Waals surface area contributed by atoms with Crippen LogP contribution < -0.4 is 0 Å². The number of carboxylic acids is 1. The van der Waals surface area contributed by atoms with Crippen LogP contribution in [0.25, 0.3) is 5.52 Å². The van der Waals surface area contributed by atoms with Crippen molar-refractivity contribution in [3.05, 3.63) is 36.2 Å². The van der Waals surface area contributed by atoms with Gasteiger partial charge in [0.1, 0.15) is 6.54 Å². The predicted octanol–water partition coefficient (Wildman–Crippen LogP) is 0.881. The first-order chi connectivity index (χ1) is 8.63. The van der Waals surface area contributed by atoms with Crippen LogP contribution in [0, 0.1) is 0 Å². The molecule has 6 heteroatoms. The summed E-state index contributed by atoms with van der Waals surface area (Å²) in [6, 6.07) is 5.39. The van der Waals surface area contributed by atoms with Gasteiger partial charge < -0.3 is 10.0 Å². The quantitative estimate of drug-likeness (QED) is 0.870. The monoisotopic (exact) mass is 247 g/mol. The van der Waals surface area contributed by atoms with E-state index in [0.29, 0.717) is 17.6 Å². The average molecular weight is 247 g/mol. The Balaban J connectivity index is 2.35. The van der Waals surface area contributed by atoms with Gasteiger partial charge in [-0.2, -0.15) is 5.10 Å². The molecule has 0 atom stereocenters. The topological polar surface area (TPSA) is 74.9 Å². The second-order valence-corrected chi connectivity index (χ2v) is 3.80. The first kappa shape index (κ1) is 12.1. The molecule has 1 N–H and O–H groups in total. The molecule has 2 aromatic rings. The Morgan fingerprint density at radius 1 is 1.44 bits per heavy atom. The second kappa shape index (κ2) is 4.87. The number of nitrogens with zero attached hydrogens (tertiary/aromatic N) is 3. The zero-order chi connectivity index (χ0) is 13.1. The van der Waals surface area contributed by atoms with E-state index < -0.39 is 5.97 Å². The van der Waals surface area contributed by atoms with E-state index in [-0.39, 0.29) is 12.5 Å². The highest BCUT2D eigenvalue weighted by atomic mass is 16.4. The Morgan fingerprint density at radius 2 is 2.22 bits per heavy atom. The molecule has 6 nitrogen and oxygen atoms in total. The third-order valence-electron chi connectivity index (χ3n) is 2.65. The molecule has 0 aliphatic carbocycles. The van der Waals surface area contributed by atoms with E-state index in [4.69, 9.17) is 5.11 Å². The minimum Gasteiger partial charge on any atom is -0.480 e. The maximum absolute atomic E-state index is 12.2. The molecule has 2 heterocycles. The molecule has 1 amide bonds. The van der Waals surface area contributed by atoms with Gasteiger partial charge in [-0.05, 0) is 19.1 Å². The summed E-state index contributed by atoms with van der Waals surface area (Å²) in [5.41, 5.74) is 1.09. The zero-order valence-corrected chi connectivity index (χ0v) is 9.91. The lowest BCUT2D eigenvalue weighted by Gasteiger charge is -2.17. The van der Waals surface area contributed by atoms with Gasteiger partial charge in [-0.15, -0.1) is 0 Å². The number of fused-ring (bicyclic) bond motifs is 1. The van der Waals surface area contributed by atoms with Gasteiger partial charge in [-0.3, -0.25) is 9.59 Å². The lowest BCUT2D eigenvalue weighted by atomic mass is 10.2. The molecule has 0 saturated carbocycles. The Hall–Kier alpha value is -2.37. The van der Waals surface area contributed by atoms with Gasteiger partial charge in [0.2, 0.25) is 0 Å². The van der Waals surface area contributed by atoms with Crippen LogP contribution in [0.1, 0.15) is 17.3 Å². The van der Waals surface area contributed by atoms with Crippen molar-refractivity contribution in [2.45, 2.75) is 6.92 Å². The normalized spacial score (nSPS) is 10.5. The summed E-state index contributed by atoms with van der Waals surface area (Å²) in [5.74, 6) is -1.34. The highest BCUT2D eigenvalue weighted by Crippen LogP contribution is 2.12. The molecule has 0 unspecified atom stereocenters. The lowest BCUT2D eigenvalue weighted by molar-refractivity contribution is -0.137. The minimum absolute atomic E-state index is 0.306. The molecule has 2 aromatic heterocycles. The number of hydrogen-bond acceptors (Lipinski definition) is 3. The van der Waals surface area contributed by atoms with E-state index in [0.717, 1.165) is 0 Å². The summed E-state index contributed by atoms with van der Waals surface area (Å²) >= 11 is 0. The molecule has 2 rings (SSSR count). The molecule has 0 bridgehead atoms. The third kappa shape index (κ3) is 2.17. The zero-order valence-electron chi connectivity index (χ0n) is 9.91. The SMILES string of the molecule is CCN(CC(=O)O)C(=O)c1cnn2ccccc12. The fraction of sp³-hybridized carbons (Fsp3) is 0.250. The molecule has 0 aliphatic heterocycles. The molecule has 94 valence electrons. The van der Waals surface area contributed by atoms with Gasteiger partial charge >= 0.3 is 5.97 Å². The number of aliphatic carboxylic acids is 1. The largest absolute Gasteiger partial charge is 0.480 e. The van der Waals surface area contributed by atoms with Crippen LogP contribution in [0.2, 0.25) is 0 Å². The number of aromatic nitrogens is 2. The molecule has 0 aliphatic rings. The van der Waals surface area contributed by atoms with E-state index in [9.17, 15) is 9.59 Å². The van der Waals surface area contributed by atoms with Crippen molar-refractivity contribution in [1.29, 1.82) is 0 Å². The van der Waals surface area contributed by atoms with E-state index >= 15 is 0 Å². The number of carboxylic acid groups (broad SMARTS) is 1. The van der Waals surface area contributed by atoms with Crippen LogP contribution in [0.3, 0.4) is 0 Å². The summed E-state index contributed by atoms with van der Waals surface area (Å²) in [6.45, 7) is 1.78. The van der Waals surface area contributed by atoms with Gasteiger partial charge in [0, 0.05) is 12.7 Å². The van der Waals surface area contributed by atoms with Gasteiger partial charge in [0.25, 0.3) is 5.91 Å². The predicted molar refractivity (Wildman–Crippen MR) is 64.4 cm³/mol. The van der Waals surface area contributed by atoms with Gasteiger partial charge in [0.15, 0.2) is 0 Å². The van der Waals surface area contributed by atoms with Gasteiger partial charge in [-0.25, -0.2) is 4.52 Å². The van der Waals surface area contributed by atoms with E-state index in [2.05, 4.69) is 5.10 Å². The fourth-order valence-electron chi connectivity index (χ4n) is 1.76.